The zero-order chi connectivity index (χ0) is 10.6. The van der Waals surface area contributed by atoms with E-state index in [0.717, 1.165) is 19.3 Å². The minimum atomic E-state index is -0.135. The van der Waals surface area contributed by atoms with E-state index in [2.05, 4.69) is 13.8 Å². The van der Waals surface area contributed by atoms with Gasteiger partial charge in [0, 0.05) is 0 Å². The van der Waals surface area contributed by atoms with Crippen LogP contribution in [-0.2, 0) is 9.53 Å². The summed E-state index contributed by atoms with van der Waals surface area (Å²) in [6.45, 7) is 6.76. The summed E-state index contributed by atoms with van der Waals surface area (Å²) in [6, 6.07) is 0. The van der Waals surface area contributed by atoms with Gasteiger partial charge in [0.15, 0.2) is 0 Å². The fourth-order valence-corrected chi connectivity index (χ4v) is 2.61. The maximum atomic E-state index is 11.9. The number of rotatable bonds is 4. The molecule has 0 aromatic heterocycles. The Balaban J connectivity index is 2.65. The second-order valence-corrected chi connectivity index (χ2v) is 4.81. The smallest absolute Gasteiger partial charge is 0.312 e. The lowest BCUT2D eigenvalue weighted by Crippen LogP contribution is -2.31. The van der Waals surface area contributed by atoms with E-state index in [9.17, 15) is 4.79 Å². The van der Waals surface area contributed by atoms with E-state index in [1.54, 1.807) is 0 Å². The van der Waals surface area contributed by atoms with Crippen LogP contribution < -0.4 is 0 Å². The first kappa shape index (κ1) is 11.5. The molecule has 0 unspecified atom stereocenters. The number of carbonyl (C=O) groups is 1. The first-order valence-electron chi connectivity index (χ1n) is 5.78. The van der Waals surface area contributed by atoms with Gasteiger partial charge in [0.2, 0.25) is 0 Å². The first-order valence-corrected chi connectivity index (χ1v) is 5.78. The molecule has 1 fully saturated rings. The van der Waals surface area contributed by atoms with Gasteiger partial charge in [-0.15, -0.1) is 0 Å². The Morgan fingerprint density at radius 3 is 2.36 bits per heavy atom. The normalized spacial score (nSPS) is 20.0. The average Bonchev–Trinajstić information content (AvgIpc) is 2.53. The zero-order valence-corrected chi connectivity index (χ0v) is 9.64. The fourth-order valence-electron chi connectivity index (χ4n) is 2.61. The predicted molar refractivity (Wildman–Crippen MR) is 57.0 cm³/mol. The molecule has 82 valence electrons. The Hall–Kier alpha value is -0.530. The van der Waals surface area contributed by atoms with Gasteiger partial charge in [0.25, 0.3) is 0 Å². The molecule has 0 radical (unpaired) electrons. The zero-order valence-electron chi connectivity index (χ0n) is 9.64. The molecular weight excluding hydrogens is 176 g/mol. The van der Waals surface area contributed by atoms with Gasteiger partial charge < -0.3 is 4.74 Å². The van der Waals surface area contributed by atoms with Crippen LogP contribution in [0.1, 0.15) is 52.9 Å². The number of hydrogen-bond acceptors (Lipinski definition) is 2. The summed E-state index contributed by atoms with van der Waals surface area (Å²) in [5, 5.41) is 0. The second kappa shape index (κ2) is 4.81. The van der Waals surface area contributed by atoms with E-state index in [0.29, 0.717) is 12.5 Å². The third-order valence-corrected chi connectivity index (χ3v) is 3.07. The van der Waals surface area contributed by atoms with Gasteiger partial charge in [-0.1, -0.05) is 26.7 Å². The van der Waals surface area contributed by atoms with Crippen LogP contribution in [0.25, 0.3) is 0 Å². The van der Waals surface area contributed by atoms with Crippen molar-refractivity contribution in [3.8, 4) is 0 Å². The number of esters is 1. The molecule has 1 rings (SSSR count). The molecule has 0 N–H and O–H groups in total. The SMILES string of the molecule is CCOC(=O)C1(CC(C)C)CCCC1. The molecule has 0 saturated heterocycles. The number of ether oxygens (including phenoxy) is 1. The molecule has 1 saturated carbocycles. The Morgan fingerprint density at radius 1 is 1.36 bits per heavy atom. The third kappa shape index (κ3) is 2.49. The van der Waals surface area contributed by atoms with Crippen LogP contribution in [0.3, 0.4) is 0 Å². The minimum absolute atomic E-state index is 0.0474. The standard InChI is InChI=1S/C12H22O2/c1-4-14-11(13)12(9-10(2)3)7-5-6-8-12/h10H,4-9H2,1-3H3. The number of carbonyl (C=O) groups excluding carboxylic acids is 1. The Kier molecular flexibility index (Phi) is 3.97. The molecule has 2 heteroatoms. The third-order valence-electron chi connectivity index (χ3n) is 3.07. The van der Waals surface area contributed by atoms with Crippen molar-refractivity contribution in [3.63, 3.8) is 0 Å². The van der Waals surface area contributed by atoms with Crippen molar-refractivity contribution < 1.29 is 9.53 Å². The monoisotopic (exact) mass is 198 g/mol. The maximum Gasteiger partial charge on any atom is 0.312 e. The van der Waals surface area contributed by atoms with E-state index in [-0.39, 0.29) is 11.4 Å². The van der Waals surface area contributed by atoms with E-state index in [4.69, 9.17) is 4.74 Å². The molecule has 0 heterocycles. The lowest BCUT2D eigenvalue weighted by Gasteiger charge is -2.28. The van der Waals surface area contributed by atoms with Crippen LogP contribution in [0, 0.1) is 11.3 Å². The minimum Gasteiger partial charge on any atom is -0.466 e. The summed E-state index contributed by atoms with van der Waals surface area (Å²) in [4.78, 5) is 11.9. The topological polar surface area (TPSA) is 26.3 Å². The molecule has 0 aromatic rings. The largest absolute Gasteiger partial charge is 0.466 e. The van der Waals surface area contributed by atoms with Gasteiger partial charge in [-0.3, -0.25) is 4.79 Å². The average molecular weight is 198 g/mol. The highest BCUT2D eigenvalue weighted by atomic mass is 16.5. The van der Waals surface area contributed by atoms with Crippen LogP contribution in [0.15, 0.2) is 0 Å². The van der Waals surface area contributed by atoms with Crippen LogP contribution in [-0.4, -0.2) is 12.6 Å². The van der Waals surface area contributed by atoms with Gasteiger partial charge in [-0.25, -0.2) is 0 Å². The summed E-state index contributed by atoms with van der Waals surface area (Å²) in [7, 11) is 0. The highest BCUT2D eigenvalue weighted by Gasteiger charge is 2.42. The van der Waals surface area contributed by atoms with Gasteiger partial charge >= 0.3 is 5.97 Å². The molecule has 0 bridgehead atoms. The second-order valence-electron chi connectivity index (χ2n) is 4.81. The predicted octanol–water partition coefficient (Wildman–Crippen LogP) is 3.16. The molecule has 0 aliphatic heterocycles. The first-order chi connectivity index (χ1) is 6.60. The van der Waals surface area contributed by atoms with Gasteiger partial charge in [-0.05, 0) is 32.1 Å². The summed E-state index contributed by atoms with van der Waals surface area (Å²) in [6.07, 6.45) is 5.43. The number of hydrogen-bond donors (Lipinski definition) is 0. The molecule has 1 aliphatic carbocycles. The van der Waals surface area contributed by atoms with Crippen molar-refractivity contribution in [3.05, 3.63) is 0 Å². The quantitative estimate of drug-likeness (QED) is 0.649. The van der Waals surface area contributed by atoms with E-state index >= 15 is 0 Å². The summed E-state index contributed by atoms with van der Waals surface area (Å²) >= 11 is 0. The van der Waals surface area contributed by atoms with E-state index < -0.39 is 0 Å². The molecule has 0 spiro atoms. The van der Waals surface area contributed by atoms with Gasteiger partial charge in [0.1, 0.15) is 0 Å². The van der Waals surface area contributed by atoms with Crippen LogP contribution in [0.2, 0.25) is 0 Å². The summed E-state index contributed by atoms with van der Waals surface area (Å²) in [5.74, 6) is 0.628. The highest BCUT2D eigenvalue weighted by molar-refractivity contribution is 5.77. The Labute approximate surface area is 87.0 Å². The molecule has 0 aromatic carbocycles. The van der Waals surface area contributed by atoms with E-state index in [1.165, 1.54) is 12.8 Å². The van der Waals surface area contributed by atoms with Crippen molar-refractivity contribution in [2.45, 2.75) is 52.9 Å². The molecule has 1 aliphatic rings. The van der Waals surface area contributed by atoms with Crippen LogP contribution in [0.5, 0.6) is 0 Å². The van der Waals surface area contributed by atoms with Gasteiger partial charge in [0.05, 0.1) is 12.0 Å². The van der Waals surface area contributed by atoms with Crippen molar-refractivity contribution in [1.82, 2.24) is 0 Å². The lowest BCUT2D eigenvalue weighted by atomic mass is 9.78. The van der Waals surface area contributed by atoms with Crippen LogP contribution >= 0.6 is 0 Å². The van der Waals surface area contributed by atoms with Crippen molar-refractivity contribution in [2.24, 2.45) is 11.3 Å². The highest BCUT2D eigenvalue weighted by Crippen LogP contribution is 2.44. The molecule has 14 heavy (non-hydrogen) atoms. The van der Waals surface area contributed by atoms with Gasteiger partial charge in [-0.2, -0.15) is 0 Å². The van der Waals surface area contributed by atoms with Crippen LogP contribution in [0.4, 0.5) is 0 Å². The van der Waals surface area contributed by atoms with Crippen molar-refractivity contribution in [1.29, 1.82) is 0 Å². The van der Waals surface area contributed by atoms with E-state index in [1.807, 2.05) is 6.92 Å². The van der Waals surface area contributed by atoms with Crippen molar-refractivity contribution >= 4 is 5.97 Å². The molecule has 0 atom stereocenters. The van der Waals surface area contributed by atoms with Crippen molar-refractivity contribution in [2.75, 3.05) is 6.61 Å². The Bertz CT molecular complexity index is 190. The molecule has 2 nitrogen and oxygen atoms in total. The molecular formula is C12H22O2. The molecule has 0 amide bonds. The fraction of sp³-hybridized carbons (Fsp3) is 0.917. The summed E-state index contributed by atoms with van der Waals surface area (Å²) in [5.41, 5.74) is -0.135. The summed E-state index contributed by atoms with van der Waals surface area (Å²) < 4.78 is 5.19. The Morgan fingerprint density at radius 2 is 1.93 bits per heavy atom. The lowest BCUT2D eigenvalue weighted by molar-refractivity contribution is -0.156. The maximum absolute atomic E-state index is 11.9.